The highest BCUT2D eigenvalue weighted by Crippen LogP contribution is 2.33. The van der Waals surface area contributed by atoms with E-state index in [9.17, 15) is 4.79 Å². The van der Waals surface area contributed by atoms with Crippen LogP contribution < -0.4 is 9.80 Å². The predicted molar refractivity (Wildman–Crippen MR) is 108 cm³/mol. The van der Waals surface area contributed by atoms with Crippen molar-refractivity contribution in [3.8, 4) is 0 Å². The minimum absolute atomic E-state index is 0.0836. The van der Waals surface area contributed by atoms with Crippen molar-refractivity contribution in [2.75, 3.05) is 16.3 Å². The monoisotopic (exact) mass is 383 g/mol. The Morgan fingerprint density at radius 3 is 2.92 bits per heavy atom. The van der Waals surface area contributed by atoms with Crippen LogP contribution in [0.2, 0.25) is 5.02 Å². The maximum absolute atomic E-state index is 12.2. The molecule has 1 amide bonds. The number of nitrogens with zero attached hydrogens (tertiary/aromatic N) is 3. The van der Waals surface area contributed by atoms with Gasteiger partial charge in [0.1, 0.15) is 0 Å². The van der Waals surface area contributed by atoms with Crippen molar-refractivity contribution in [1.82, 2.24) is 4.98 Å². The van der Waals surface area contributed by atoms with Crippen LogP contribution in [0.1, 0.15) is 18.2 Å². The summed E-state index contributed by atoms with van der Waals surface area (Å²) in [6.45, 7) is 3.28. The molecule has 0 aliphatic carbocycles. The van der Waals surface area contributed by atoms with Crippen LogP contribution >= 0.6 is 22.9 Å². The van der Waals surface area contributed by atoms with E-state index in [1.165, 1.54) is 22.6 Å². The summed E-state index contributed by atoms with van der Waals surface area (Å²) in [7, 11) is 0. The number of rotatable bonds is 4. The van der Waals surface area contributed by atoms with E-state index in [2.05, 4.69) is 29.2 Å². The molecular weight excluding hydrogens is 366 g/mol. The molecule has 0 fully saturated rings. The molecule has 0 bridgehead atoms. The molecule has 4 rings (SSSR count). The van der Waals surface area contributed by atoms with Gasteiger partial charge < -0.3 is 4.90 Å². The molecule has 1 aliphatic rings. The number of hydrogen-bond donors (Lipinski definition) is 0. The van der Waals surface area contributed by atoms with Crippen molar-refractivity contribution in [2.45, 2.75) is 19.9 Å². The lowest BCUT2D eigenvalue weighted by Crippen LogP contribution is -2.23. The van der Waals surface area contributed by atoms with Gasteiger partial charge >= 0.3 is 0 Å². The Bertz CT molecular complexity index is 955. The molecule has 2 heterocycles. The quantitative estimate of drug-likeness (QED) is 0.633. The lowest BCUT2D eigenvalue weighted by atomic mass is 10.2. The first-order chi connectivity index (χ1) is 12.6. The second-order valence-corrected chi connectivity index (χ2v) is 7.53. The summed E-state index contributed by atoms with van der Waals surface area (Å²) >= 11 is 7.56. The van der Waals surface area contributed by atoms with Gasteiger partial charge in [-0.2, -0.15) is 0 Å². The summed E-state index contributed by atoms with van der Waals surface area (Å²) in [5.41, 5.74) is 4.36. The number of amides is 1. The Labute approximate surface area is 161 Å². The number of carbonyl (C=O) groups is 1. The zero-order chi connectivity index (χ0) is 18.1. The van der Waals surface area contributed by atoms with Gasteiger partial charge in [0, 0.05) is 29.6 Å². The fraction of sp³-hybridized carbons (Fsp3) is 0.200. The average Bonchev–Trinajstić information content (AvgIpc) is 3.23. The van der Waals surface area contributed by atoms with E-state index in [4.69, 9.17) is 16.6 Å². The molecule has 0 spiro atoms. The number of thiazole rings is 1. The number of fused-ring (bicyclic) bond motifs is 1. The summed E-state index contributed by atoms with van der Waals surface area (Å²) in [6.07, 6.45) is 1.06. The zero-order valence-electron chi connectivity index (χ0n) is 14.4. The molecule has 6 heteroatoms. The van der Waals surface area contributed by atoms with E-state index >= 15 is 0 Å². The second-order valence-electron chi connectivity index (χ2n) is 6.26. The topological polar surface area (TPSA) is 36.4 Å². The molecule has 0 radical (unpaired) electrons. The number of aromatic nitrogens is 1. The van der Waals surface area contributed by atoms with Crippen LogP contribution in [0.25, 0.3) is 0 Å². The number of para-hydroxylation sites is 1. The first kappa shape index (κ1) is 17.1. The molecule has 0 atom stereocenters. The largest absolute Gasteiger partial charge is 0.365 e. The number of halogens is 1. The SMILES string of the molecule is CC(=O)N(c1cccc(Cl)c1)c1nc(CN2CCc3ccccc32)cs1. The minimum atomic E-state index is -0.0836. The molecule has 1 aliphatic heterocycles. The van der Waals surface area contributed by atoms with Gasteiger partial charge in [-0.3, -0.25) is 9.69 Å². The Balaban J connectivity index is 1.58. The van der Waals surface area contributed by atoms with Crippen molar-refractivity contribution >= 4 is 45.4 Å². The van der Waals surface area contributed by atoms with Crippen LogP contribution in [-0.4, -0.2) is 17.4 Å². The van der Waals surface area contributed by atoms with E-state index in [1.807, 2.05) is 17.5 Å². The second kappa shape index (κ2) is 7.09. The number of benzene rings is 2. The van der Waals surface area contributed by atoms with Gasteiger partial charge in [-0.05, 0) is 36.2 Å². The van der Waals surface area contributed by atoms with Crippen molar-refractivity contribution in [2.24, 2.45) is 0 Å². The summed E-state index contributed by atoms with van der Waals surface area (Å²) < 4.78 is 0. The number of carbonyl (C=O) groups excluding carboxylic acids is 1. The fourth-order valence-electron chi connectivity index (χ4n) is 3.28. The third-order valence-corrected chi connectivity index (χ3v) is 5.56. The highest BCUT2D eigenvalue weighted by molar-refractivity contribution is 7.14. The van der Waals surface area contributed by atoms with Crippen LogP contribution in [0.15, 0.2) is 53.9 Å². The van der Waals surface area contributed by atoms with Crippen molar-refractivity contribution < 1.29 is 4.79 Å². The minimum Gasteiger partial charge on any atom is -0.365 e. The standard InChI is InChI=1S/C20H18ClN3OS/c1-14(25)24(18-7-4-6-16(21)11-18)20-22-17(13-26-20)12-23-10-9-15-5-2-3-8-19(15)23/h2-8,11,13H,9-10,12H2,1H3. The predicted octanol–water partition coefficient (Wildman–Crippen LogP) is 5.04. The van der Waals surface area contributed by atoms with Gasteiger partial charge in [-0.1, -0.05) is 35.9 Å². The Hall–Kier alpha value is -2.37. The smallest absolute Gasteiger partial charge is 0.230 e. The maximum atomic E-state index is 12.2. The first-order valence-corrected chi connectivity index (χ1v) is 9.71. The molecule has 0 unspecified atom stereocenters. The lowest BCUT2D eigenvalue weighted by molar-refractivity contribution is -0.115. The molecule has 3 aromatic rings. The fourth-order valence-corrected chi connectivity index (χ4v) is 4.34. The summed E-state index contributed by atoms with van der Waals surface area (Å²) in [6, 6.07) is 15.8. The average molecular weight is 384 g/mol. The van der Waals surface area contributed by atoms with Gasteiger partial charge in [0.15, 0.2) is 5.13 Å². The highest BCUT2D eigenvalue weighted by Gasteiger charge is 2.22. The van der Waals surface area contributed by atoms with E-state index < -0.39 is 0 Å². The normalized spacial score (nSPS) is 12.9. The Kier molecular flexibility index (Phi) is 4.66. The van der Waals surface area contributed by atoms with Crippen molar-refractivity contribution in [3.63, 3.8) is 0 Å². The van der Waals surface area contributed by atoms with Crippen LogP contribution in [0.4, 0.5) is 16.5 Å². The third kappa shape index (κ3) is 3.32. The van der Waals surface area contributed by atoms with Gasteiger partial charge in [0.2, 0.25) is 5.91 Å². The summed E-state index contributed by atoms with van der Waals surface area (Å²) in [5, 5.41) is 3.29. The van der Waals surface area contributed by atoms with Gasteiger partial charge in [-0.25, -0.2) is 4.98 Å². The summed E-state index contributed by atoms with van der Waals surface area (Å²) in [4.78, 5) is 20.9. The van der Waals surface area contributed by atoms with E-state index in [0.29, 0.717) is 10.2 Å². The van der Waals surface area contributed by atoms with Gasteiger partial charge in [0.05, 0.1) is 17.9 Å². The molecule has 1 aromatic heterocycles. The summed E-state index contributed by atoms with van der Waals surface area (Å²) in [5.74, 6) is -0.0836. The lowest BCUT2D eigenvalue weighted by Gasteiger charge is -2.19. The van der Waals surface area contributed by atoms with Gasteiger partial charge in [-0.15, -0.1) is 11.3 Å². The Morgan fingerprint density at radius 2 is 2.12 bits per heavy atom. The third-order valence-electron chi connectivity index (χ3n) is 4.45. The Morgan fingerprint density at radius 1 is 1.27 bits per heavy atom. The zero-order valence-corrected chi connectivity index (χ0v) is 15.9. The molecule has 26 heavy (non-hydrogen) atoms. The van der Waals surface area contributed by atoms with E-state index in [0.717, 1.165) is 30.9 Å². The molecule has 0 saturated heterocycles. The van der Waals surface area contributed by atoms with E-state index in [-0.39, 0.29) is 5.91 Å². The maximum Gasteiger partial charge on any atom is 0.230 e. The van der Waals surface area contributed by atoms with Crippen LogP contribution in [-0.2, 0) is 17.8 Å². The highest BCUT2D eigenvalue weighted by atomic mass is 35.5. The van der Waals surface area contributed by atoms with Crippen LogP contribution in [0, 0.1) is 0 Å². The molecule has 0 N–H and O–H groups in total. The number of hydrogen-bond acceptors (Lipinski definition) is 4. The van der Waals surface area contributed by atoms with Crippen molar-refractivity contribution in [1.29, 1.82) is 0 Å². The molecule has 4 nitrogen and oxygen atoms in total. The first-order valence-electron chi connectivity index (χ1n) is 8.45. The van der Waals surface area contributed by atoms with Gasteiger partial charge in [0.25, 0.3) is 0 Å². The van der Waals surface area contributed by atoms with Crippen LogP contribution in [0.3, 0.4) is 0 Å². The van der Waals surface area contributed by atoms with Crippen molar-refractivity contribution in [3.05, 3.63) is 70.2 Å². The number of anilines is 3. The molecule has 2 aromatic carbocycles. The van der Waals surface area contributed by atoms with E-state index in [1.54, 1.807) is 24.0 Å². The molecule has 0 saturated carbocycles. The van der Waals surface area contributed by atoms with Crippen LogP contribution in [0.5, 0.6) is 0 Å². The molecule has 132 valence electrons. The molecular formula is C20H18ClN3OS.